The van der Waals surface area contributed by atoms with E-state index < -0.39 is 17.9 Å². The van der Waals surface area contributed by atoms with Gasteiger partial charge in [-0.1, -0.05) is 18.2 Å². The van der Waals surface area contributed by atoms with Gasteiger partial charge in [0, 0.05) is 6.08 Å². The van der Waals surface area contributed by atoms with Gasteiger partial charge in [0.25, 0.3) is 0 Å². The number of aliphatic carboxylic acids is 1. The van der Waals surface area contributed by atoms with Crippen molar-refractivity contribution >= 4 is 18.0 Å². The molecule has 0 bridgehead atoms. The van der Waals surface area contributed by atoms with Crippen LogP contribution in [0.5, 0.6) is 5.75 Å². The van der Waals surface area contributed by atoms with E-state index in [0.29, 0.717) is 5.75 Å². The Morgan fingerprint density at radius 3 is 2.85 bits per heavy atom. The first-order chi connectivity index (χ1) is 9.56. The summed E-state index contributed by atoms with van der Waals surface area (Å²) in [6.07, 6.45) is 4.50. The molecule has 5 heteroatoms. The summed E-state index contributed by atoms with van der Waals surface area (Å²) < 4.78 is 5.07. The zero-order valence-corrected chi connectivity index (χ0v) is 11.2. The monoisotopic (exact) mass is 275 g/mol. The molecule has 0 saturated carbocycles. The van der Waals surface area contributed by atoms with Gasteiger partial charge in [0.05, 0.1) is 7.11 Å². The minimum Gasteiger partial charge on any atom is -0.497 e. The van der Waals surface area contributed by atoms with Crippen LogP contribution in [0.2, 0.25) is 0 Å². The van der Waals surface area contributed by atoms with Crippen LogP contribution in [-0.4, -0.2) is 30.1 Å². The number of benzene rings is 1. The summed E-state index contributed by atoms with van der Waals surface area (Å²) in [6, 6.07) is 6.21. The molecule has 0 heterocycles. The molecule has 1 aromatic carbocycles. The lowest BCUT2D eigenvalue weighted by Crippen LogP contribution is -2.39. The van der Waals surface area contributed by atoms with Crippen molar-refractivity contribution in [2.24, 2.45) is 0 Å². The number of carboxylic acid groups (broad SMARTS) is 1. The summed E-state index contributed by atoms with van der Waals surface area (Å²) in [5.74, 6) is -0.877. The molecule has 1 unspecified atom stereocenters. The quantitative estimate of drug-likeness (QED) is 0.588. The number of carbonyl (C=O) groups excluding carboxylic acids is 1. The number of ether oxygens (including phenoxy) is 1. The van der Waals surface area contributed by atoms with E-state index in [2.05, 4.69) is 11.9 Å². The molecule has 106 valence electrons. The first-order valence-corrected chi connectivity index (χ1v) is 6.03. The van der Waals surface area contributed by atoms with Crippen molar-refractivity contribution in [2.75, 3.05) is 7.11 Å². The Kier molecular flexibility index (Phi) is 6.03. The van der Waals surface area contributed by atoms with Crippen molar-refractivity contribution in [2.45, 2.75) is 12.5 Å². The Bertz CT molecular complexity index is 522. The lowest BCUT2D eigenvalue weighted by Gasteiger charge is -2.10. The van der Waals surface area contributed by atoms with Crippen molar-refractivity contribution in [3.05, 3.63) is 48.6 Å². The van der Waals surface area contributed by atoms with Crippen LogP contribution in [0.15, 0.2) is 43.0 Å². The van der Waals surface area contributed by atoms with Gasteiger partial charge in [0.2, 0.25) is 5.91 Å². The molecule has 0 radical (unpaired) electrons. The van der Waals surface area contributed by atoms with Crippen molar-refractivity contribution in [3.63, 3.8) is 0 Å². The fraction of sp³-hybridized carbons (Fsp3) is 0.200. The minimum atomic E-state index is -1.09. The highest BCUT2D eigenvalue weighted by atomic mass is 16.5. The number of carboxylic acids is 1. The fourth-order valence-corrected chi connectivity index (χ4v) is 1.53. The van der Waals surface area contributed by atoms with E-state index in [4.69, 9.17) is 9.84 Å². The Labute approximate surface area is 117 Å². The standard InChI is InChI=1S/C15H17NO4/c1-3-5-13(15(18)19)16-14(17)9-8-11-6-4-7-12(10-11)20-2/h3-4,6-10,13H,1,5H2,2H3,(H,16,17)(H,18,19)/b9-8+. The van der Waals surface area contributed by atoms with Crippen LogP contribution in [0.25, 0.3) is 6.08 Å². The number of hydrogen-bond acceptors (Lipinski definition) is 3. The molecule has 0 aliphatic rings. The molecule has 0 saturated heterocycles. The van der Waals surface area contributed by atoms with Crippen LogP contribution >= 0.6 is 0 Å². The van der Waals surface area contributed by atoms with Gasteiger partial charge >= 0.3 is 5.97 Å². The van der Waals surface area contributed by atoms with E-state index in [0.717, 1.165) is 5.56 Å². The van der Waals surface area contributed by atoms with Crippen molar-refractivity contribution in [1.82, 2.24) is 5.32 Å². The maximum atomic E-state index is 11.6. The van der Waals surface area contributed by atoms with Crippen LogP contribution in [0, 0.1) is 0 Å². The van der Waals surface area contributed by atoms with E-state index >= 15 is 0 Å². The van der Waals surface area contributed by atoms with Gasteiger partial charge in [0.15, 0.2) is 0 Å². The van der Waals surface area contributed by atoms with Gasteiger partial charge in [-0.2, -0.15) is 0 Å². The molecular formula is C15H17NO4. The number of methoxy groups -OCH3 is 1. The van der Waals surface area contributed by atoms with Crippen LogP contribution in [-0.2, 0) is 9.59 Å². The van der Waals surface area contributed by atoms with Gasteiger partial charge in [-0.15, -0.1) is 6.58 Å². The van der Waals surface area contributed by atoms with Gasteiger partial charge in [-0.05, 0) is 30.2 Å². The molecule has 2 N–H and O–H groups in total. The molecule has 1 atom stereocenters. The zero-order valence-electron chi connectivity index (χ0n) is 11.2. The number of hydrogen-bond donors (Lipinski definition) is 2. The highest BCUT2D eigenvalue weighted by Gasteiger charge is 2.16. The number of carbonyl (C=O) groups is 2. The Morgan fingerprint density at radius 1 is 1.50 bits per heavy atom. The third-order valence-corrected chi connectivity index (χ3v) is 2.54. The maximum Gasteiger partial charge on any atom is 0.326 e. The molecule has 0 spiro atoms. The summed E-state index contributed by atoms with van der Waals surface area (Å²) in [6.45, 7) is 3.46. The summed E-state index contributed by atoms with van der Waals surface area (Å²) in [5.41, 5.74) is 0.787. The molecule has 0 fully saturated rings. The van der Waals surface area contributed by atoms with Crippen molar-refractivity contribution in [3.8, 4) is 5.75 Å². The first-order valence-electron chi connectivity index (χ1n) is 6.03. The Morgan fingerprint density at radius 2 is 2.25 bits per heavy atom. The van der Waals surface area contributed by atoms with E-state index in [1.165, 1.54) is 12.2 Å². The second-order valence-electron chi connectivity index (χ2n) is 4.03. The molecule has 5 nitrogen and oxygen atoms in total. The summed E-state index contributed by atoms with van der Waals surface area (Å²) in [7, 11) is 1.56. The van der Waals surface area contributed by atoms with Gasteiger partial charge in [-0.3, -0.25) is 4.79 Å². The second-order valence-corrected chi connectivity index (χ2v) is 4.03. The highest BCUT2D eigenvalue weighted by Crippen LogP contribution is 2.13. The van der Waals surface area contributed by atoms with Crippen molar-refractivity contribution in [1.29, 1.82) is 0 Å². The third-order valence-electron chi connectivity index (χ3n) is 2.54. The highest BCUT2D eigenvalue weighted by molar-refractivity contribution is 5.94. The largest absolute Gasteiger partial charge is 0.497 e. The molecule has 20 heavy (non-hydrogen) atoms. The average Bonchev–Trinajstić information content (AvgIpc) is 2.44. The predicted octanol–water partition coefficient (Wildman–Crippen LogP) is 1.85. The van der Waals surface area contributed by atoms with E-state index in [1.807, 2.05) is 6.07 Å². The first kappa shape index (κ1) is 15.5. The average molecular weight is 275 g/mol. The van der Waals surface area contributed by atoms with Crippen molar-refractivity contribution < 1.29 is 19.4 Å². The van der Waals surface area contributed by atoms with Crippen LogP contribution in [0.3, 0.4) is 0 Å². The topological polar surface area (TPSA) is 75.6 Å². The number of amides is 1. The van der Waals surface area contributed by atoms with Crippen LogP contribution in [0.1, 0.15) is 12.0 Å². The van der Waals surface area contributed by atoms with Crippen LogP contribution in [0.4, 0.5) is 0 Å². The maximum absolute atomic E-state index is 11.6. The minimum absolute atomic E-state index is 0.175. The normalized spacial score (nSPS) is 11.8. The van der Waals surface area contributed by atoms with Gasteiger partial charge < -0.3 is 15.2 Å². The second kappa shape index (κ2) is 7.78. The predicted molar refractivity (Wildman–Crippen MR) is 76.4 cm³/mol. The molecular weight excluding hydrogens is 258 g/mol. The summed E-state index contributed by atoms with van der Waals surface area (Å²) >= 11 is 0. The van der Waals surface area contributed by atoms with Crippen LogP contribution < -0.4 is 10.1 Å². The summed E-state index contributed by atoms with van der Waals surface area (Å²) in [4.78, 5) is 22.5. The van der Waals surface area contributed by atoms with E-state index in [9.17, 15) is 9.59 Å². The third kappa shape index (κ3) is 4.97. The zero-order chi connectivity index (χ0) is 15.0. The molecule has 0 aliphatic heterocycles. The Balaban J connectivity index is 2.66. The fourth-order valence-electron chi connectivity index (χ4n) is 1.53. The van der Waals surface area contributed by atoms with E-state index in [1.54, 1.807) is 31.4 Å². The molecule has 0 aromatic heterocycles. The van der Waals surface area contributed by atoms with E-state index in [-0.39, 0.29) is 6.42 Å². The number of nitrogens with one attached hydrogen (secondary N) is 1. The molecule has 0 aliphatic carbocycles. The molecule has 1 amide bonds. The lowest BCUT2D eigenvalue weighted by molar-refractivity contribution is -0.141. The molecule has 1 aromatic rings. The van der Waals surface area contributed by atoms with Gasteiger partial charge in [-0.25, -0.2) is 4.79 Å². The smallest absolute Gasteiger partial charge is 0.326 e. The number of rotatable bonds is 7. The SMILES string of the molecule is C=CCC(NC(=O)/C=C/c1cccc(OC)c1)C(=O)O. The molecule has 1 rings (SSSR count). The van der Waals surface area contributed by atoms with Gasteiger partial charge in [0.1, 0.15) is 11.8 Å². The lowest BCUT2D eigenvalue weighted by atomic mass is 10.2. The summed E-state index contributed by atoms with van der Waals surface area (Å²) in [5, 5.41) is 11.3. The Hall–Kier alpha value is -2.56.